The molecule has 0 aromatic heterocycles. The third kappa shape index (κ3) is 6.57. The molecule has 0 radical (unpaired) electrons. The lowest BCUT2D eigenvalue weighted by atomic mass is 9.80. The van der Waals surface area contributed by atoms with E-state index in [0.717, 1.165) is 16.8 Å². The zero-order valence-electron chi connectivity index (χ0n) is 29.8. The van der Waals surface area contributed by atoms with E-state index in [2.05, 4.69) is 31.2 Å². The van der Waals surface area contributed by atoms with Crippen LogP contribution >= 0.6 is 12.2 Å². The largest absolute Gasteiger partial charge is 0.507 e. The van der Waals surface area contributed by atoms with Crippen LogP contribution in [-0.2, 0) is 0 Å². The molecule has 0 fully saturated rings. The van der Waals surface area contributed by atoms with E-state index in [1.165, 1.54) is 24.1 Å². The van der Waals surface area contributed by atoms with Crippen LogP contribution in [0.1, 0.15) is 46.8 Å². The Bertz CT molecular complexity index is 2250. The van der Waals surface area contributed by atoms with Crippen molar-refractivity contribution in [3.63, 3.8) is 0 Å². The van der Waals surface area contributed by atoms with Gasteiger partial charge in [0.25, 0.3) is 5.17 Å². The third-order valence-electron chi connectivity index (χ3n) is 9.30. The van der Waals surface area contributed by atoms with Crippen molar-refractivity contribution in [1.29, 1.82) is 0 Å². The van der Waals surface area contributed by atoms with Gasteiger partial charge in [-0.05, 0) is 91.8 Å². The number of hydrogen-bond donors (Lipinski definition) is 1. The van der Waals surface area contributed by atoms with Crippen molar-refractivity contribution in [2.24, 2.45) is 0 Å². The van der Waals surface area contributed by atoms with E-state index in [1.807, 2.05) is 80.4 Å². The van der Waals surface area contributed by atoms with Gasteiger partial charge in [-0.15, -0.1) is 0 Å². The highest BCUT2D eigenvalue weighted by atomic mass is 32.1. The van der Waals surface area contributed by atoms with Gasteiger partial charge in [0.15, 0.2) is 17.3 Å². The number of aromatic hydroxyl groups is 1. The van der Waals surface area contributed by atoms with Crippen LogP contribution < -0.4 is 33.3 Å². The number of hydrogen-bond acceptors (Lipinski definition) is 9. The average Bonchev–Trinajstić information content (AvgIpc) is 3.13. The fraction of sp³-hybridized carbons (Fsp3) is 0.238. The molecule has 3 heterocycles. The number of rotatable bonds is 4. The Morgan fingerprint density at radius 3 is 2.42 bits per heavy atom. The van der Waals surface area contributed by atoms with Gasteiger partial charge in [0, 0.05) is 30.4 Å². The van der Waals surface area contributed by atoms with Gasteiger partial charge in [0.2, 0.25) is 0 Å². The van der Waals surface area contributed by atoms with Crippen molar-refractivity contribution in [2.75, 3.05) is 32.8 Å². The summed E-state index contributed by atoms with van der Waals surface area (Å²) in [5.74, 6) is 2.09. The summed E-state index contributed by atoms with van der Waals surface area (Å²) in [6.45, 7) is 6.08. The first-order valence-corrected chi connectivity index (χ1v) is 17.3. The van der Waals surface area contributed by atoms with Gasteiger partial charge in [0.05, 0.1) is 25.7 Å². The number of aryl methyl sites for hydroxylation is 1. The second-order valence-corrected chi connectivity index (χ2v) is 13.7. The Labute approximate surface area is 307 Å². The van der Waals surface area contributed by atoms with Crippen molar-refractivity contribution >= 4 is 45.7 Å². The topological polar surface area (TPSA) is 95.9 Å². The highest BCUT2D eigenvalue weighted by molar-refractivity contribution is 7.80. The predicted octanol–water partition coefficient (Wildman–Crippen LogP) is 8.66. The number of methoxy groups -OCH3 is 2. The van der Waals surface area contributed by atoms with Gasteiger partial charge in [0.1, 0.15) is 52.6 Å². The third-order valence-corrected chi connectivity index (χ3v) is 9.66. The second kappa shape index (κ2) is 13.8. The van der Waals surface area contributed by atoms with E-state index in [9.17, 15) is 9.90 Å². The molecule has 1 N–H and O–H groups in total. The second-order valence-electron chi connectivity index (χ2n) is 13.4. The predicted molar refractivity (Wildman–Crippen MR) is 205 cm³/mol. The number of thiocarbonyl (C=S) groups is 1. The molecule has 0 saturated carbocycles. The number of anilines is 1. The minimum atomic E-state index is -0.630. The fourth-order valence-corrected chi connectivity index (χ4v) is 6.82. The lowest BCUT2D eigenvalue weighted by molar-refractivity contribution is 0.0547. The van der Waals surface area contributed by atoms with Crippen molar-refractivity contribution in [1.82, 2.24) is 0 Å². The summed E-state index contributed by atoms with van der Waals surface area (Å²) in [4.78, 5) is 15.4. The average molecular weight is 718 g/mol. The number of phenols is 1. The molecule has 0 spiro atoms. The number of ketones is 1. The normalized spacial score (nSPS) is 17.3. The molecule has 266 valence electrons. The molecule has 0 amide bonds. The first-order valence-electron chi connectivity index (χ1n) is 16.8. The molecule has 3 aliphatic rings. The molecule has 5 aromatic carbocycles. The van der Waals surface area contributed by atoms with Gasteiger partial charge in [-0.2, -0.15) is 0 Å². The molecular formula is C42H39NO8S. The van der Waals surface area contributed by atoms with Crippen LogP contribution in [-0.4, -0.2) is 55.6 Å². The Morgan fingerprint density at radius 1 is 0.923 bits per heavy atom. The zero-order valence-corrected chi connectivity index (χ0v) is 30.6. The Balaban J connectivity index is 0.000000170. The summed E-state index contributed by atoms with van der Waals surface area (Å²) in [5, 5.41) is 13.5. The summed E-state index contributed by atoms with van der Waals surface area (Å²) in [7, 11) is 4.99. The van der Waals surface area contributed by atoms with Crippen molar-refractivity contribution < 1.29 is 38.3 Å². The number of phenolic OH excluding ortho intramolecular Hbond substituents is 1. The van der Waals surface area contributed by atoms with E-state index in [1.54, 1.807) is 19.2 Å². The van der Waals surface area contributed by atoms with Crippen molar-refractivity contribution in [3.8, 4) is 40.2 Å². The summed E-state index contributed by atoms with van der Waals surface area (Å²) in [6, 6.07) is 27.3. The summed E-state index contributed by atoms with van der Waals surface area (Å²) < 4.78 is 34.6. The van der Waals surface area contributed by atoms with Crippen LogP contribution in [0, 0.1) is 6.92 Å². The van der Waals surface area contributed by atoms with E-state index < -0.39 is 17.6 Å². The fourth-order valence-electron chi connectivity index (χ4n) is 6.61. The SMILES string of the molecule is COc1cc2c(cc1OC)C1C(=O)c3c(O)cc4c(c3OC1CO2)C=CC(C)(C)O4.Cc1cccc(N(C)C(=S)Oc2ccc3ccccc3c2)c1. The van der Waals surface area contributed by atoms with Crippen LogP contribution in [0.5, 0.6) is 40.2 Å². The number of Topliss-reactive ketones (excluding diaryl/α,β-unsaturated/α-hetero) is 1. The van der Waals surface area contributed by atoms with E-state index in [4.69, 9.17) is 40.6 Å². The number of benzene rings is 5. The number of nitrogens with zero attached hydrogens (tertiary/aromatic N) is 1. The molecular weight excluding hydrogens is 679 g/mol. The van der Waals surface area contributed by atoms with Gasteiger partial charge in [-0.3, -0.25) is 4.79 Å². The highest BCUT2D eigenvalue weighted by Gasteiger charge is 2.46. The number of ether oxygens (including phenoxy) is 6. The zero-order chi connectivity index (χ0) is 36.7. The Kier molecular flexibility index (Phi) is 9.18. The molecule has 3 aliphatic heterocycles. The van der Waals surface area contributed by atoms with Crippen molar-refractivity contribution in [2.45, 2.75) is 38.4 Å². The molecule has 8 rings (SSSR count). The monoisotopic (exact) mass is 717 g/mol. The Hall–Kier alpha value is -5.74. The first kappa shape index (κ1) is 34.7. The first-order chi connectivity index (χ1) is 25.0. The van der Waals surface area contributed by atoms with Gasteiger partial charge in [-0.25, -0.2) is 0 Å². The maximum atomic E-state index is 13.6. The summed E-state index contributed by atoms with van der Waals surface area (Å²) in [6.07, 6.45) is 3.23. The molecule has 2 unspecified atom stereocenters. The summed E-state index contributed by atoms with van der Waals surface area (Å²) >= 11 is 5.41. The van der Waals surface area contributed by atoms with Crippen molar-refractivity contribution in [3.05, 3.63) is 113 Å². The maximum absolute atomic E-state index is 13.6. The highest BCUT2D eigenvalue weighted by Crippen LogP contribution is 2.52. The molecule has 2 atom stereocenters. The van der Waals surface area contributed by atoms with E-state index in [-0.39, 0.29) is 23.7 Å². The number of carbonyl (C=O) groups excluding carboxylic acids is 1. The van der Waals surface area contributed by atoms with E-state index >= 15 is 0 Å². The minimum Gasteiger partial charge on any atom is -0.507 e. The van der Waals surface area contributed by atoms with Gasteiger partial charge >= 0.3 is 0 Å². The van der Waals surface area contributed by atoms with Crippen LogP contribution in [0.4, 0.5) is 5.69 Å². The van der Waals surface area contributed by atoms with Crippen LogP contribution in [0.3, 0.4) is 0 Å². The molecule has 9 nitrogen and oxygen atoms in total. The van der Waals surface area contributed by atoms with Gasteiger partial charge < -0.3 is 38.4 Å². The molecule has 10 heteroatoms. The lowest BCUT2D eigenvalue weighted by Crippen LogP contribution is -2.43. The molecule has 0 aliphatic carbocycles. The lowest BCUT2D eigenvalue weighted by Gasteiger charge is -2.39. The smallest absolute Gasteiger partial charge is 0.269 e. The molecule has 0 bridgehead atoms. The minimum absolute atomic E-state index is 0.158. The number of carbonyl (C=O) groups is 1. The van der Waals surface area contributed by atoms with Crippen LogP contribution in [0.25, 0.3) is 16.8 Å². The summed E-state index contributed by atoms with van der Waals surface area (Å²) in [5.41, 5.74) is 3.14. The quantitative estimate of drug-likeness (QED) is 0.182. The number of fused-ring (bicyclic) bond motifs is 7. The standard InChI is InChI=1S/C23H22O7.C19H17NOS/c1-23(2)6-5-11-15(30-23)8-13(24)20-21(25)19-12-7-16(26-3)17(27-4)9-14(12)28-10-18(19)29-22(11)20;1-14-6-5-9-17(12-14)20(2)19(22)21-18-11-10-15-7-3-4-8-16(15)13-18/h5-9,18-19,24H,10H2,1-4H3;3-13H,1-2H3. The van der Waals surface area contributed by atoms with Gasteiger partial charge in [-0.1, -0.05) is 42.5 Å². The van der Waals surface area contributed by atoms with Crippen LogP contribution in [0.15, 0.2) is 91.0 Å². The van der Waals surface area contributed by atoms with E-state index in [0.29, 0.717) is 45.0 Å². The molecule has 52 heavy (non-hydrogen) atoms. The van der Waals surface area contributed by atoms with Crippen LogP contribution in [0.2, 0.25) is 0 Å². The molecule has 5 aromatic rings. The maximum Gasteiger partial charge on any atom is 0.269 e. The molecule has 0 saturated heterocycles. The Morgan fingerprint density at radius 2 is 1.67 bits per heavy atom.